The summed E-state index contributed by atoms with van der Waals surface area (Å²) >= 11 is 0. The largest absolute Gasteiger partial charge is 0.374 e. The molecule has 0 radical (unpaired) electrons. The minimum absolute atomic E-state index is 0.0769. The number of fused-ring (bicyclic) bond motifs is 1. The van der Waals surface area contributed by atoms with Crippen LogP contribution in [-0.2, 0) is 10.3 Å². The lowest BCUT2D eigenvalue weighted by Crippen LogP contribution is -2.19. The van der Waals surface area contributed by atoms with E-state index in [1.165, 1.54) is 0 Å². The number of ether oxygens (including phenoxy) is 1. The second kappa shape index (κ2) is 5.14. The Morgan fingerprint density at radius 3 is 2.41 bits per heavy atom. The lowest BCUT2D eigenvalue weighted by Gasteiger charge is -2.23. The highest BCUT2D eigenvalue weighted by molar-refractivity contribution is 5.61. The fourth-order valence-corrected chi connectivity index (χ4v) is 2.57. The molecule has 0 unspecified atom stereocenters. The van der Waals surface area contributed by atoms with Crippen LogP contribution in [0.1, 0.15) is 25.1 Å². The maximum Gasteiger partial charge on any atom is 0.272 e. The van der Waals surface area contributed by atoms with E-state index in [1.54, 1.807) is 7.11 Å². The van der Waals surface area contributed by atoms with Gasteiger partial charge in [-0.05, 0) is 44.0 Å². The van der Waals surface area contributed by atoms with Crippen LogP contribution in [0.2, 0.25) is 0 Å². The molecule has 0 spiro atoms. The van der Waals surface area contributed by atoms with Gasteiger partial charge in [-0.3, -0.25) is 4.79 Å². The van der Waals surface area contributed by atoms with Gasteiger partial charge in [0.1, 0.15) is 5.52 Å². The molecule has 4 heteroatoms. The van der Waals surface area contributed by atoms with E-state index in [9.17, 15) is 4.79 Å². The Morgan fingerprint density at radius 2 is 1.77 bits per heavy atom. The van der Waals surface area contributed by atoms with Crippen LogP contribution in [0.4, 0.5) is 0 Å². The summed E-state index contributed by atoms with van der Waals surface area (Å²) in [6.45, 7) is 6.04. The van der Waals surface area contributed by atoms with Crippen LogP contribution < -0.4 is 5.56 Å². The van der Waals surface area contributed by atoms with Gasteiger partial charge >= 0.3 is 0 Å². The molecule has 0 atom stereocenters. The molecule has 2 aromatic heterocycles. The van der Waals surface area contributed by atoms with Crippen molar-refractivity contribution in [3.63, 3.8) is 0 Å². The van der Waals surface area contributed by atoms with Gasteiger partial charge in [0.15, 0.2) is 0 Å². The van der Waals surface area contributed by atoms with Crippen LogP contribution in [0.3, 0.4) is 0 Å². The van der Waals surface area contributed by atoms with Crippen molar-refractivity contribution < 1.29 is 4.74 Å². The van der Waals surface area contributed by atoms with E-state index < -0.39 is 0 Å². The zero-order valence-corrected chi connectivity index (χ0v) is 13.3. The van der Waals surface area contributed by atoms with Crippen LogP contribution in [0.5, 0.6) is 0 Å². The van der Waals surface area contributed by atoms with Gasteiger partial charge in [-0.15, -0.1) is 0 Å². The number of methoxy groups -OCH3 is 1. The molecule has 0 amide bonds. The maximum atomic E-state index is 12.2. The summed E-state index contributed by atoms with van der Waals surface area (Å²) in [4.78, 5) is 15.1. The zero-order valence-electron chi connectivity index (χ0n) is 13.3. The molecular weight excluding hydrogens is 276 g/mol. The minimum Gasteiger partial charge on any atom is -0.374 e. The zero-order chi connectivity index (χ0) is 15.9. The van der Waals surface area contributed by atoms with Crippen molar-refractivity contribution in [2.75, 3.05) is 7.11 Å². The van der Waals surface area contributed by atoms with Gasteiger partial charge in [0.2, 0.25) is 0 Å². The molecule has 0 saturated heterocycles. The summed E-state index contributed by atoms with van der Waals surface area (Å²) in [6.07, 6.45) is 1.96. The highest BCUT2D eigenvalue weighted by Crippen LogP contribution is 2.26. The standard InChI is InChI=1S/C18H20N2O2/c1-12-5-10-16-17(21)19-15(11-20(12)16)13-6-8-14(9-7-13)18(2,3)22-4/h5-11H,1-4H3,(H,19,21). The van der Waals surface area contributed by atoms with Crippen molar-refractivity contribution >= 4 is 5.52 Å². The van der Waals surface area contributed by atoms with E-state index >= 15 is 0 Å². The topological polar surface area (TPSA) is 46.5 Å². The summed E-state index contributed by atoms with van der Waals surface area (Å²) in [5.74, 6) is 0. The molecule has 0 fully saturated rings. The lowest BCUT2D eigenvalue weighted by molar-refractivity contribution is 0.0192. The molecule has 3 aromatic rings. The SMILES string of the molecule is COC(C)(C)c1ccc(-c2cn3c(C)ccc3c(=O)[nH]2)cc1. The number of hydrogen-bond donors (Lipinski definition) is 1. The molecule has 22 heavy (non-hydrogen) atoms. The second-order valence-corrected chi connectivity index (χ2v) is 6.02. The predicted octanol–water partition coefficient (Wildman–Crippen LogP) is 3.48. The van der Waals surface area contributed by atoms with Gasteiger partial charge in [-0.2, -0.15) is 0 Å². The summed E-state index contributed by atoms with van der Waals surface area (Å²) in [5, 5.41) is 0. The van der Waals surface area contributed by atoms with Crippen molar-refractivity contribution in [3.05, 3.63) is 64.2 Å². The molecule has 4 nitrogen and oxygen atoms in total. The first-order chi connectivity index (χ1) is 10.4. The van der Waals surface area contributed by atoms with Gasteiger partial charge in [-0.1, -0.05) is 24.3 Å². The Hall–Kier alpha value is -2.33. The molecule has 1 aromatic carbocycles. The lowest BCUT2D eigenvalue weighted by atomic mass is 9.96. The number of H-pyrrole nitrogens is 1. The number of nitrogens with zero attached hydrogens (tertiary/aromatic N) is 1. The van der Waals surface area contributed by atoms with E-state index in [4.69, 9.17) is 4.74 Å². The predicted molar refractivity (Wildman–Crippen MR) is 88.2 cm³/mol. The fraction of sp³-hybridized carbons (Fsp3) is 0.278. The van der Waals surface area contributed by atoms with Crippen LogP contribution in [0.25, 0.3) is 16.8 Å². The first-order valence-electron chi connectivity index (χ1n) is 7.29. The summed E-state index contributed by atoms with van der Waals surface area (Å²) in [6, 6.07) is 11.9. The smallest absolute Gasteiger partial charge is 0.272 e. The van der Waals surface area contributed by atoms with Crippen molar-refractivity contribution in [3.8, 4) is 11.3 Å². The number of aryl methyl sites for hydroxylation is 1. The molecule has 3 rings (SSSR count). The molecular formula is C18H20N2O2. The number of rotatable bonds is 3. The van der Waals surface area contributed by atoms with E-state index in [1.807, 2.05) is 67.8 Å². The molecule has 0 bridgehead atoms. The molecule has 1 N–H and O–H groups in total. The van der Waals surface area contributed by atoms with Crippen molar-refractivity contribution in [2.24, 2.45) is 0 Å². The van der Waals surface area contributed by atoms with Gasteiger partial charge in [0.25, 0.3) is 5.56 Å². The summed E-state index contributed by atoms with van der Waals surface area (Å²) < 4.78 is 7.41. The highest BCUT2D eigenvalue weighted by atomic mass is 16.5. The number of aromatic nitrogens is 2. The Bertz CT molecular complexity index is 870. The number of hydrogen-bond acceptors (Lipinski definition) is 2. The average Bonchev–Trinajstić information content (AvgIpc) is 2.89. The molecule has 0 aliphatic carbocycles. The molecule has 0 aliphatic heterocycles. The Morgan fingerprint density at radius 1 is 1.09 bits per heavy atom. The Balaban J connectivity index is 2.08. The van der Waals surface area contributed by atoms with Gasteiger partial charge in [0, 0.05) is 19.0 Å². The van der Waals surface area contributed by atoms with Crippen LogP contribution in [0.15, 0.2) is 47.4 Å². The first-order valence-corrected chi connectivity index (χ1v) is 7.29. The third kappa shape index (κ3) is 2.35. The highest BCUT2D eigenvalue weighted by Gasteiger charge is 2.19. The van der Waals surface area contributed by atoms with E-state index in [0.717, 1.165) is 22.5 Å². The van der Waals surface area contributed by atoms with Crippen molar-refractivity contribution in [2.45, 2.75) is 26.4 Å². The quantitative estimate of drug-likeness (QED) is 0.804. The average molecular weight is 296 g/mol. The van der Waals surface area contributed by atoms with Crippen LogP contribution in [-0.4, -0.2) is 16.5 Å². The minimum atomic E-state index is -0.326. The number of aromatic amines is 1. The Labute approximate surface area is 129 Å². The monoisotopic (exact) mass is 296 g/mol. The molecule has 114 valence electrons. The van der Waals surface area contributed by atoms with Crippen LogP contribution >= 0.6 is 0 Å². The fourth-order valence-electron chi connectivity index (χ4n) is 2.57. The van der Waals surface area contributed by atoms with Crippen molar-refractivity contribution in [1.82, 2.24) is 9.38 Å². The van der Waals surface area contributed by atoms with E-state index in [-0.39, 0.29) is 11.2 Å². The molecule has 0 aliphatic rings. The second-order valence-electron chi connectivity index (χ2n) is 6.02. The Kier molecular flexibility index (Phi) is 3.41. The normalized spacial score (nSPS) is 12.0. The van der Waals surface area contributed by atoms with Crippen LogP contribution in [0, 0.1) is 6.92 Å². The third-order valence-corrected chi connectivity index (χ3v) is 4.26. The van der Waals surface area contributed by atoms with Gasteiger partial charge in [0.05, 0.1) is 11.3 Å². The van der Waals surface area contributed by atoms with Crippen molar-refractivity contribution in [1.29, 1.82) is 0 Å². The van der Waals surface area contributed by atoms with E-state index in [0.29, 0.717) is 5.52 Å². The summed E-state index contributed by atoms with van der Waals surface area (Å²) in [7, 11) is 1.70. The van der Waals surface area contributed by atoms with Gasteiger partial charge in [-0.25, -0.2) is 0 Å². The summed E-state index contributed by atoms with van der Waals surface area (Å²) in [5.41, 5.74) is 4.18. The first kappa shape index (κ1) is 14.6. The third-order valence-electron chi connectivity index (χ3n) is 4.26. The van der Waals surface area contributed by atoms with E-state index in [2.05, 4.69) is 4.98 Å². The number of nitrogens with one attached hydrogen (secondary N) is 1. The van der Waals surface area contributed by atoms with Gasteiger partial charge < -0.3 is 14.1 Å². The maximum absolute atomic E-state index is 12.2. The molecule has 0 saturated carbocycles. The molecule has 2 heterocycles. The number of benzene rings is 1.